The lowest BCUT2D eigenvalue weighted by Crippen LogP contribution is -2.31. The van der Waals surface area contributed by atoms with E-state index in [1.165, 1.54) is 12.1 Å². The standard InChI is InChI=1S/C20H23FN2O2/c21-16-10-8-14(9-11-16)5-4-12-22-19(24)17-13-15-6-2-1-3-7-18(15)23-20(17)25/h8-11,13H,1-7,12H2,(H,22,24)(H,23,25). The number of benzene rings is 1. The zero-order valence-corrected chi connectivity index (χ0v) is 14.2. The van der Waals surface area contributed by atoms with Crippen LogP contribution in [0.1, 0.15) is 52.9 Å². The fourth-order valence-corrected chi connectivity index (χ4v) is 3.26. The van der Waals surface area contributed by atoms with Gasteiger partial charge in [-0.1, -0.05) is 18.6 Å². The van der Waals surface area contributed by atoms with Crippen LogP contribution in [0.25, 0.3) is 0 Å². The molecule has 5 heteroatoms. The molecule has 25 heavy (non-hydrogen) atoms. The van der Waals surface area contributed by atoms with E-state index in [1.54, 1.807) is 18.2 Å². The van der Waals surface area contributed by atoms with E-state index in [2.05, 4.69) is 10.3 Å². The SMILES string of the molecule is O=C(NCCCc1ccc(F)cc1)c1cc2c([nH]c1=O)CCCCC2. The fourth-order valence-electron chi connectivity index (χ4n) is 3.26. The molecule has 0 aliphatic heterocycles. The summed E-state index contributed by atoms with van der Waals surface area (Å²) >= 11 is 0. The Morgan fingerprint density at radius 1 is 1.12 bits per heavy atom. The molecular formula is C20H23FN2O2. The molecule has 1 aliphatic carbocycles. The molecule has 2 aromatic rings. The van der Waals surface area contributed by atoms with Crippen LogP contribution in [-0.4, -0.2) is 17.4 Å². The van der Waals surface area contributed by atoms with Crippen molar-refractivity contribution in [2.45, 2.75) is 44.9 Å². The largest absolute Gasteiger partial charge is 0.352 e. The van der Waals surface area contributed by atoms with E-state index in [1.807, 2.05) is 0 Å². The predicted molar refractivity (Wildman–Crippen MR) is 95.4 cm³/mol. The molecule has 0 unspecified atom stereocenters. The van der Waals surface area contributed by atoms with Crippen LogP contribution in [0.2, 0.25) is 0 Å². The summed E-state index contributed by atoms with van der Waals surface area (Å²) in [5, 5.41) is 2.81. The Hall–Kier alpha value is -2.43. The molecule has 0 radical (unpaired) electrons. The van der Waals surface area contributed by atoms with Gasteiger partial charge in [-0.15, -0.1) is 0 Å². The Kier molecular flexibility index (Phi) is 5.64. The van der Waals surface area contributed by atoms with Crippen LogP contribution in [0.5, 0.6) is 0 Å². The molecule has 0 fully saturated rings. The Morgan fingerprint density at radius 2 is 1.88 bits per heavy atom. The lowest BCUT2D eigenvalue weighted by atomic mass is 10.1. The second kappa shape index (κ2) is 8.10. The topological polar surface area (TPSA) is 62.0 Å². The Balaban J connectivity index is 1.57. The van der Waals surface area contributed by atoms with E-state index in [0.717, 1.165) is 61.8 Å². The number of halogens is 1. The predicted octanol–water partition coefficient (Wildman–Crippen LogP) is 3.15. The molecule has 4 nitrogen and oxygen atoms in total. The summed E-state index contributed by atoms with van der Waals surface area (Å²) in [5.74, 6) is -0.577. The summed E-state index contributed by atoms with van der Waals surface area (Å²) in [4.78, 5) is 27.4. The van der Waals surface area contributed by atoms with Crippen molar-refractivity contribution >= 4 is 5.91 Å². The van der Waals surface area contributed by atoms with Gasteiger partial charge in [0, 0.05) is 12.2 Å². The van der Waals surface area contributed by atoms with Crippen molar-refractivity contribution in [1.29, 1.82) is 0 Å². The first-order valence-electron chi connectivity index (χ1n) is 8.91. The molecule has 3 rings (SSSR count). The summed E-state index contributed by atoms with van der Waals surface area (Å²) in [5.41, 5.74) is 2.99. The van der Waals surface area contributed by atoms with Crippen molar-refractivity contribution in [3.8, 4) is 0 Å². The van der Waals surface area contributed by atoms with E-state index >= 15 is 0 Å². The summed E-state index contributed by atoms with van der Waals surface area (Å²) in [6, 6.07) is 8.11. The van der Waals surface area contributed by atoms with Crippen molar-refractivity contribution in [2.75, 3.05) is 6.54 Å². The Labute approximate surface area is 146 Å². The molecular weight excluding hydrogens is 319 g/mol. The normalized spacial score (nSPS) is 13.8. The number of aromatic amines is 1. The highest BCUT2D eigenvalue weighted by molar-refractivity contribution is 5.94. The first-order chi connectivity index (χ1) is 12.1. The van der Waals surface area contributed by atoms with Gasteiger partial charge in [0.2, 0.25) is 0 Å². The van der Waals surface area contributed by atoms with Crippen LogP contribution < -0.4 is 10.9 Å². The third kappa shape index (κ3) is 4.56. The average molecular weight is 342 g/mol. The second-order valence-electron chi connectivity index (χ2n) is 6.56. The van der Waals surface area contributed by atoms with E-state index < -0.39 is 0 Å². The third-order valence-corrected chi connectivity index (χ3v) is 4.67. The Bertz CT molecular complexity index is 796. The molecule has 132 valence electrons. The number of H-pyrrole nitrogens is 1. The monoisotopic (exact) mass is 342 g/mol. The minimum absolute atomic E-state index is 0.197. The molecule has 0 saturated carbocycles. The van der Waals surface area contributed by atoms with Crippen LogP contribution in [0, 0.1) is 5.82 Å². The van der Waals surface area contributed by atoms with Crippen LogP contribution in [0.4, 0.5) is 4.39 Å². The number of aromatic nitrogens is 1. The van der Waals surface area contributed by atoms with Gasteiger partial charge in [0.1, 0.15) is 11.4 Å². The number of pyridine rings is 1. The zero-order chi connectivity index (χ0) is 17.6. The number of aryl methyl sites for hydroxylation is 3. The first kappa shape index (κ1) is 17.4. The lowest BCUT2D eigenvalue weighted by molar-refractivity contribution is 0.0951. The zero-order valence-electron chi connectivity index (χ0n) is 14.2. The molecule has 0 saturated heterocycles. The molecule has 0 spiro atoms. The van der Waals surface area contributed by atoms with Gasteiger partial charge in [0.25, 0.3) is 11.5 Å². The molecule has 1 aromatic heterocycles. The lowest BCUT2D eigenvalue weighted by Gasteiger charge is -2.09. The highest BCUT2D eigenvalue weighted by atomic mass is 19.1. The molecule has 0 bridgehead atoms. The summed E-state index contributed by atoms with van der Waals surface area (Å²) in [7, 11) is 0. The molecule has 0 atom stereocenters. The van der Waals surface area contributed by atoms with E-state index in [9.17, 15) is 14.0 Å². The van der Waals surface area contributed by atoms with Gasteiger partial charge in [-0.2, -0.15) is 0 Å². The van der Waals surface area contributed by atoms with Gasteiger partial charge >= 0.3 is 0 Å². The summed E-state index contributed by atoms with van der Waals surface area (Å²) in [6.45, 7) is 0.479. The minimum Gasteiger partial charge on any atom is -0.352 e. The van der Waals surface area contributed by atoms with Crippen LogP contribution in [-0.2, 0) is 19.3 Å². The summed E-state index contributed by atoms with van der Waals surface area (Å²) < 4.78 is 12.9. The number of amides is 1. The number of carbonyl (C=O) groups is 1. The fraction of sp³-hybridized carbons (Fsp3) is 0.400. The second-order valence-corrected chi connectivity index (χ2v) is 6.56. The molecule has 2 N–H and O–H groups in total. The first-order valence-corrected chi connectivity index (χ1v) is 8.91. The number of rotatable bonds is 5. The van der Waals surface area contributed by atoms with Crippen molar-refractivity contribution in [3.63, 3.8) is 0 Å². The van der Waals surface area contributed by atoms with Gasteiger partial charge in [0.05, 0.1) is 0 Å². The highest BCUT2D eigenvalue weighted by Gasteiger charge is 2.16. The summed E-state index contributed by atoms with van der Waals surface area (Å²) in [6.07, 6.45) is 6.61. The van der Waals surface area contributed by atoms with Crippen molar-refractivity contribution in [1.82, 2.24) is 10.3 Å². The van der Waals surface area contributed by atoms with Crippen LogP contribution >= 0.6 is 0 Å². The van der Waals surface area contributed by atoms with Crippen molar-refractivity contribution in [3.05, 3.63) is 68.9 Å². The van der Waals surface area contributed by atoms with Gasteiger partial charge in [-0.05, 0) is 67.9 Å². The van der Waals surface area contributed by atoms with Crippen molar-refractivity contribution < 1.29 is 9.18 Å². The van der Waals surface area contributed by atoms with Gasteiger partial charge in [-0.25, -0.2) is 4.39 Å². The average Bonchev–Trinajstić information content (AvgIpc) is 2.84. The number of hydrogen-bond donors (Lipinski definition) is 2. The molecule has 1 heterocycles. The molecule has 1 aromatic carbocycles. The van der Waals surface area contributed by atoms with Gasteiger partial charge < -0.3 is 10.3 Å². The number of nitrogens with one attached hydrogen (secondary N) is 2. The maximum atomic E-state index is 12.9. The molecule has 1 aliphatic rings. The number of carbonyl (C=O) groups excluding carboxylic acids is 1. The maximum Gasteiger partial charge on any atom is 0.261 e. The number of fused-ring (bicyclic) bond motifs is 1. The third-order valence-electron chi connectivity index (χ3n) is 4.67. The van der Waals surface area contributed by atoms with Crippen LogP contribution in [0.3, 0.4) is 0 Å². The Morgan fingerprint density at radius 3 is 2.68 bits per heavy atom. The quantitative estimate of drug-likeness (QED) is 0.648. The smallest absolute Gasteiger partial charge is 0.261 e. The van der Waals surface area contributed by atoms with Crippen LogP contribution in [0.15, 0.2) is 35.1 Å². The number of hydrogen-bond acceptors (Lipinski definition) is 2. The van der Waals surface area contributed by atoms with Gasteiger partial charge in [0.15, 0.2) is 0 Å². The van der Waals surface area contributed by atoms with E-state index in [0.29, 0.717) is 6.54 Å². The van der Waals surface area contributed by atoms with E-state index in [-0.39, 0.29) is 22.8 Å². The van der Waals surface area contributed by atoms with E-state index in [4.69, 9.17) is 0 Å². The maximum absolute atomic E-state index is 12.9. The molecule has 1 amide bonds. The van der Waals surface area contributed by atoms with Gasteiger partial charge in [-0.3, -0.25) is 9.59 Å². The highest BCUT2D eigenvalue weighted by Crippen LogP contribution is 2.18. The van der Waals surface area contributed by atoms with Crippen molar-refractivity contribution in [2.24, 2.45) is 0 Å². The minimum atomic E-state index is -0.326.